The molecule has 1 saturated carbocycles. The van der Waals surface area contributed by atoms with Crippen LogP contribution in [0.15, 0.2) is 35.4 Å². The Bertz CT molecular complexity index is 1080. The lowest BCUT2D eigenvalue weighted by atomic mass is 10.1. The summed E-state index contributed by atoms with van der Waals surface area (Å²) in [5, 5.41) is 11.6. The van der Waals surface area contributed by atoms with Crippen molar-refractivity contribution in [3.05, 3.63) is 52.2 Å². The summed E-state index contributed by atoms with van der Waals surface area (Å²) in [4.78, 5) is 26.1. The summed E-state index contributed by atoms with van der Waals surface area (Å²) in [5.74, 6) is -1.76. The number of hydrogen-bond acceptors (Lipinski definition) is 5. The van der Waals surface area contributed by atoms with Gasteiger partial charge >= 0.3 is 5.97 Å². The lowest BCUT2D eigenvalue weighted by Gasteiger charge is -2.24. The van der Waals surface area contributed by atoms with Gasteiger partial charge in [0.15, 0.2) is 0 Å². The van der Waals surface area contributed by atoms with E-state index in [0.717, 1.165) is 38.8 Å². The van der Waals surface area contributed by atoms with Gasteiger partial charge in [-0.1, -0.05) is 6.08 Å². The van der Waals surface area contributed by atoms with Gasteiger partial charge in [0.2, 0.25) is 5.43 Å². The highest BCUT2D eigenvalue weighted by atomic mass is 19.1. The van der Waals surface area contributed by atoms with Crippen LogP contribution in [-0.4, -0.2) is 46.3 Å². The second kappa shape index (κ2) is 6.88. The minimum atomic E-state index is -1.28. The largest absolute Gasteiger partial charge is 0.477 e. The summed E-state index contributed by atoms with van der Waals surface area (Å²) in [6.07, 6.45) is 9.36. The predicted octanol–water partition coefficient (Wildman–Crippen LogP) is 2.48. The van der Waals surface area contributed by atoms with Gasteiger partial charge < -0.3 is 19.6 Å². The van der Waals surface area contributed by atoms with Gasteiger partial charge in [-0.3, -0.25) is 4.79 Å². The first kappa shape index (κ1) is 18.2. The number of aromatic nitrogens is 1. The number of benzene rings is 1. The highest BCUT2D eigenvalue weighted by Crippen LogP contribution is 2.38. The first-order chi connectivity index (χ1) is 14.0. The van der Waals surface area contributed by atoms with E-state index in [1.807, 2.05) is 15.7 Å². The van der Waals surface area contributed by atoms with Gasteiger partial charge in [-0.05, 0) is 37.8 Å². The van der Waals surface area contributed by atoms with Crippen molar-refractivity contribution < 1.29 is 14.3 Å². The molecule has 2 N–H and O–H groups in total. The van der Waals surface area contributed by atoms with Crippen molar-refractivity contribution in [3.63, 3.8) is 0 Å². The predicted molar refractivity (Wildman–Crippen MR) is 108 cm³/mol. The highest BCUT2D eigenvalue weighted by Gasteiger charge is 2.30. The topological polar surface area (TPSA) is 77.8 Å². The quantitative estimate of drug-likeness (QED) is 0.806. The zero-order valence-corrected chi connectivity index (χ0v) is 16.0. The Morgan fingerprint density at radius 2 is 2.03 bits per heavy atom. The third-order valence-corrected chi connectivity index (χ3v) is 5.97. The maximum absolute atomic E-state index is 15.0. The number of nitrogens with zero attached hydrogens (tertiary/aromatic N) is 3. The summed E-state index contributed by atoms with van der Waals surface area (Å²) in [7, 11) is 0. The zero-order chi connectivity index (χ0) is 20.1. The molecule has 1 aliphatic carbocycles. The van der Waals surface area contributed by atoms with Crippen molar-refractivity contribution in [2.45, 2.75) is 37.8 Å². The lowest BCUT2D eigenvalue weighted by Crippen LogP contribution is -2.42. The Labute approximate surface area is 167 Å². The van der Waals surface area contributed by atoms with Gasteiger partial charge in [0.25, 0.3) is 0 Å². The second-order valence-corrected chi connectivity index (χ2v) is 8.06. The summed E-state index contributed by atoms with van der Waals surface area (Å²) in [6, 6.07) is 3.33. The molecule has 1 aromatic carbocycles. The third kappa shape index (κ3) is 3.27. The van der Waals surface area contributed by atoms with Crippen molar-refractivity contribution in [3.8, 4) is 0 Å². The van der Waals surface area contributed by atoms with Crippen LogP contribution in [0.3, 0.4) is 0 Å². The molecule has 29 heavy (non-hydrogen) atoms. The molecule has 152 valence electrons. The molecule has 7 nitrogen and oxygen atoms in total. The number of anilines is 1. The average Bonchev–Trinajstić information content (AvgIpc) is 3.21. The van der Waals surface area contributed by atoms with Crippen LogP contribution < -0.4 is 15.8 Å². The Kier molecular flexibility index (Phi) is 4.31. The van der Waals surface area contributed by atoms with Crippen LogP contribution in [0.25, 0.3) is 10.9 Å². The van der Waals surface area contributed by atoms with E-state index >= 15 is 0 Å². The van der Waals surface area contributed by atoms with E-state index in [1.54, 1.807) is 6.07 Å². The minimum absolute atomic E-state index is 0.133. The number of pyridine rings is 1. The molecule has 2 fully saturated rings. The Balaban J connectivity index is 1.50. The van der Waals surface area contributed by atoms with Gasteiger partial charge in [0.05, 0.1) is 11.2 Å². The molecule has 1 atom stereocenters. The summed E-state index contributed by atoms with van der Waals surface area (Å²) < 4.78 is 16.8. The number of aromatic carboxylic acids is 1. The number of rotatable bonds is 5. The minimum Gasteiger partial charge on any atom is -0.477 e. The number of carbonyl (C=O) groups is 1. The SMILES string of the molecule is O=C(O)c1cn(C2CC2)c2cc(N3CCC(NN4C=CCC4)C3)c(F)cc2c1=O. The zero-order valence-electron chi connectivity index (χ0n) is 16.0. The number of fused-ring (bicyclic) bond motifs is 1. The molecule has 2 aliphatic heterocycles. The van der Waals surface area contributed by atoms with Crippen LogP contribution in [0.5, 0.6) is 0 Å². The van der Waals surface area contributed by atoms with Gasteiger partial charge in [0, 0.05) is 49.5 Å². The normalized spacial score (nSPS) is 21.5. The molecule has 1 unspecified atom stereocenters. The van der Waals surface area contributed by atoms with E-state index < -0.39 is 17.2 Å². The Morgan fingerprint density at radius 1 is 1.21 bits per heavy atom. The standard InChI is InChI=1S/C21H23FN4O3/c22-17-9-15-18(26(14-3-4-14)12-16(20(15)27)21(28)29)10-19(17)24-8-5-13(11-24)23-25-6-1-2-7-25/h1,6,9-10,12-14,23H,2-5,7-8,11H2,(H,28,29). The van der Waals surface area contributed by atoms with Crippen LogP contribution in [0.2, 0.25) is 0 Å². The summed E-state index contributed by atoms with van der Waals surface area (Å²) in [5.41, 5.74) is 3.61. The number of hydrogen-bond donors (Lipinski definition) is 2. The number of nitrogens with one attached hydrogen (secondary N) is 1. The summed E-state index contributed by atoms with van der Waals surface area (Å²) >= 11 is 0. The molecule has 0 spiro atoms. The van der Waals surface area contributed by atoms with Gasteiger partial charge in [-0.2, -0.15) is 0 Å². The van der Waals surface area contributed by atoms with Crippen LogP contribution in [-0.2, 0) is 0 Å². The smallest absolute Gasteiger partial charge is 0.341 e. The maximum Gasteiger partial charge on any atom is 0.341 e. The molecule has 0 amide bonds. The highest BCUT2D eigenvalue weighted by molar-refractivity contribution is 5.93. The molecule has 0 bridgehead atoms. The third-order valence-electron chi connectivity index (χ3n) is 5.97. The lowest BCUT2D eigenvalue weighted by molar-refractivity contribution is 0.0695. The molecule has 1 aromatic heterocycles. The fraction of sp³-hybridized carbons (Fsp3) is 0.429. The number of halogens is 1. The molecule has 3 aliphatic rings. The van der Waals surface area contributed by atoms with Crippen molar-refractivity contribution in [1.82, 2.24) is 15.0 Å². The van der Waals surface area contributed by atoms with E-state index in [9.17, 15) is 19.1 Å². The van der Waals surface area contributed by atoms with E-state index in [1.165, 1.54) is 12.3 Å². The first-order valence-electron chi connectivity index (χ1n) is 10.1. The number of carboxylic acids is 1. The molecule has 8 heteroatoms. The molecular formula is C21H23FN4O3. The molecule has 3 heterocycles. The molecule has 5 rings (SSSR count). The van der Waals surface area contributed by atoms with Crippen LogP contribution in [0, 0.1) is 5.82 Å². The molecular weight excluding hydrogens is 375 g/mol. The second-order valence-electron chi connectivity index (χ2n) is 8.06. The van der Waals surface area contributed by atoms with Crippen molar-refractivity contribution >= 4 is 22.6 Å². The van der Waals surface area contributed by atoms with Gasteiger partial charge in [-0.25, -0.2) is 14.6 Å². The van der Waals surface area contributed by atoms with Crippen LogP contribution in [0.4, 0.5) is 10.1 Å². The van der Waals surface area contributed by atoms with Gasteiger partial charge in [0.1, 0.15) is 11.4 Å². The molecule has 2 aromatic rings. The number of hydrazine groups is 1. The Morgan fingerprint density at radius 3 is 2.72 bits per heavy atom. The summed E-state index contributed by atoms with van der Waals surface area (Å²) in [6.45, 7) is 2.34. The van der Waals surface area contributed by atoms with Crippen LogP contribution in [0.1, 0.15) is 42.1 Å². The van der Waals surface area contributed by atoms with E-state index in [2.05, 4.69) is 16.5 Å². The van der Waals surface area contributed by atoms with Crippen LogP contribution >= 0.6 is 0 Å². The van der Waals surface area contributed by atoms with Crippen molar-refractivity contribution in [2.75, 3.05) is 24.5 Å². The van der Waals surface area contributed by atoms with E-state index in [-0.39, 0.29) is 23.0 Å². The van der Waals surface area contributed by atoms with Crippen molar-refractivity contribution in [2.24, 2.45) is 0 Å². The monoisotopic (exact) mass is 398 g/mol. The number of carboxylic acid groups (broad SMARTS) is 1. The van der Waals surface area contributed by atoms with E-state index in [4.69, 9.17) is 0 Å². The molecule has 1 saturated heterocycles. The van der Waals surface area contributed by atoms with Crippen molar-refractivity contribution in [1.29, 1.82) is 0 Å². The average molecular weight is 398 g/mol. The maximum atomic E-state index is 15.0. The molecule has 0 radical (unpaired) electrons. The van der Waals surface area contributed by atoms with E-state index in [0.29, 0.717) is 17.7 Å². The fourth-order valence-corrected chi connectivity index (χ4v) is 4.32. The first-order valence-corrected chi connectivity index (χ1v) is 10.1. The fourth-order valence-electron chi connectivity index (χ4n) is 4.32. The van der Waals surface area contributed by atoms with Gasteiger partial charge in [-0.15, -0.1) is 0 Å². The Hall–Kier alpha value is -2.87.